The van der Waals surface area contributed by atoms with Crippen molar-refractivity contribution in [1.29, 1.82) is 0 Å². The number of fused-ring (bicyclic) bond motifs is 4. The predicted octanol–water partition coefficient (Wildman–Crippen LogP) is 15.7. The fourth-order valence-corrected chi connectivity index (χ4v) is 12.4. The number of aromatic nitrogens is 2. The molecule has 7 aromatic rings. The summed E-state index contributed by atoms with van der Waals surface area (Å²) in [6.07, 6.45) is 10.1. The van der Waals surface area contributed by atoms with E-state index in [2.05, 4.69) is 162 Å². The number of hydrogen-bond acceptors (Lipinski definition) is 4. The van der Waals surface area contributed by atoms with Gasteiger partial charge in [-0.3, -0.25) is 4.57 Å². The lowest BCUT2D eigenvalue weighted by Crippen LogP contribution is -2.48. The normalized spacial score (nSPS) is 21.9. The quantitative estimate of drug-likeness (QED) is 0.167. The predicted molar refractivity (Wildman–Crippen MR) is 263 cm³/mol. The zero-order valence-corrected chi connectivity index (χ0v) is 39.2. The smallest absolute Gasteiger partial charge is 0.137 e. The first-order chi connectivity index (χ1) is 30.4. The average Bonchev–Trinajstić information content (AvgIpc) is 3.78. The van der Waals surface area contributed by atoms with Crippen molar-refractivity contribution in [3.05, 3.63) is 143 Å². The van der Waals surface area contributed by atoms with Crippen molar-refractivity contribution in [2.45, 2.75) is 122 Å². The van der Waals surface area contributed by atoms with Crippen LogP contribution in [0.25, 0.3) is 27.6 Å². The van der Waals surface area contributed by atoms with Gasteiger partial charge < -0.3 is 14.5 Å². The van der Waals surface area contributed by atoms with Crippen LogP contribution >= 0.6 is 0 Å². The number of nitrogens with zero attached hydrogens (tertiary/aromatic N) is 4. The first kappa shape index (κ1) is 41.1. The number of para-hydroxylation sites is 1. The monoisotopic (exact) mass is 850 g/mol. The lowest BCUT2D eigenvalue weighted by molar-refractivity contribution is -0.00489. The summed E-state index contributed by atoms with van der Waals surface area (Å²) in [5, 5.41) is 1.80. The van der Waals surface area contributed by atoms with E-state index >= 15 is 0 Å². The summed E-state index contributed by atoms with van der Waals surface area (Å²) in [4.78, 5) is 10.0. The van der Waals surface area contributed by atoms with Crippen LogP contribution in [0.4, 0.5) is 27.1 Å². The molecule has 6 heteroatoms. The lowest BCUT2D eigenvalue weighted by Gasteiger charge is -2.57. The molecule has 4 aliphatic carbocycles. The van der Waals surface area contributed by atoms with Crippen LogP contribution in [-0.2, 0) is 21.7 Å². The second-order valence-electron chi connectivity index (χ2n) is 23.1. The Morgan fingerprint density at radius 2 is 1.23 bits per heavy atom. The molecule has 4 saturated carbocycles. The molecule has 4 bridgehead atoms. The molecule has 5 aliphatic rings. The van der Waals surface area contributed by atoms with Gasteiger partial charge in [-0.1, -0.05) is 86.6 Å². The zero-order chi connectivity index (χ0) is 44.5. The van der Waals surface area contributed by atoms with Crippen LogP contribution in [0.1, 0.15) is 123 Å². The van der Waals surface area contributed by atoms with Crippen LogP contribution < -0.4 is 14.5 Å². The average molecular weight is 851 g/mol. The van der Waals surface area contributed by atoms with Crippen LogP contribution in [0.15, 0.2) is 115 Å². The molecule has 328 valence electrons. The summed E-state index contributed by atoms with van der Waals surface area (Å²) in [7, 11) is 0. The van der Waals surface area contributed by atoms with E-state index in [0.29, 0.717) is 12.4 Å². The van der Waals surface area contributed by atoms with Crippen molar-refractivity contribution in [3.8, 4) is 17.3 Å². The largest absolute Gasteiger partial charge is 0.457 e. The molecule has 0 saturated heterocycles. The number of hydrogen-bond donors (Lipinski definition) is 0. The van der Waals surface area contributed by atoms with Gasteiger partial charge >= 0.3 is 0 Å². The topological polar surface area (TPSA) is 33.5 Å². The lowest BCUT2D eigenvalue weighted by atomic mass is 9.48. The van der Waals surface area contributed by atoms with E-state index in [1.165, 1.54) is 78.3 Å². The maximum Gasteiger partial charge on any atom is 0.137 e. The molecular formula is C58H63FN4O. The highest BCUT2D eigenvalue weighted by Gasteiger charge is 2.53. The third-order valence-electron chi connectivity index (χ3n) is 15.3. The second kappa shape index (κ2) is 14.4. The number of pyridine rings is 1. The van der Waals surface area contributed by atoms with Gasteiger partial charge in [-0.05, 0) is 173 Å². The highest BCUT2D eigenvalue weighted by Crippen LogP contribution is 2.64. The second-order valence-corrected chi connectivity index (χ2v) is 23.1. The van der Waals surface area contributed by atoms with Crippen LogP contribution in [-0.4, -0.2) is 16.2 Å². The SMILES string of the molecule is CC(C)(C)c1cc(N2CN(c3cccc(Oc4ccc5c6cc(F)ccc6n(-c6cc(C(C)(C)C)ccn6)c5c4)c3)c3cccc(C45CC6CC(CC(C6)C4)C5)c32)cc(C(C)(C)C)c1. The Balaban J connectivity index is 1.01. The molecule has 0 N–H and O–H groups in total. The van der Waals surface area contributed by atoms with Gasteiger partial charge in [0.05, 0.1) is 22.4 Å². The van der Waals surface area contributed by atoms with Gasteiger partial charge in [0.1, 0.15) is 29.8 Å². The molecule has 0 radical (unpaired) electrons. The minimum absolute atomic E-state index is 0.00388. The Bertz CT molecular complexity index is 2910. The van der Waals surface area contributed by atoms with Crippen molar-refractivity contribution in [1.82, 2.24) is 9.55 Å². The molecule has 64 heavy (non-hydrogen) atoms. The summed E-state index contributed by atoms with van der Waals surface area (Å²) < 4.78 is 23.8. The molecule has 0 amide bonds. The molecule has 4 fully saturated rings. The molecular weight excluding hydrogens is 788 g/mol. The van der Waals surface area contributed by atoms with E-state index in [9.17, 15) is 4.39 Å². The number of benzene rings is 5. The highest BCUT2D eigenvalue weighted by molar-refractivity contribution is 6.09. The Morgan fingerprint density at radius 3 is 1.91 bits per heavy atom. The third-order valence-corrected chi connectivity index (χ3v) is 15.3. The van der Waals surface area contributed by atoms with Crippen molar-refractivity contribution in [2.24, 2.45) is 17.8 Å². The minimum Gasteiger partial charge on any atom is -0.457 e. The van der Waals surface area contributed by atoms with Crippen LogP contribution in [0, 0.1) is 23.6 Å². The Labute approximate surface area is 379 Å². The summed E-state index contributed by atoms with van der Waals surface area (Å²) in [6.45, 7) is 21.4. The third kappa shape index (κ3) is 6.98. The van der Waals surface area contributed by atoms with E-state index in [1.807, 2.05) is 18.3 Å². The van der Waals surface area contributed by atoms with E-state index in [1.54, 1.807) is 11.6 Å². The van der Waals surface area contributed by atoms with Crippen LogP contribution in [0.5, 0.6) is 11.5 Å². The molecule has 3 heterocycles. The molecule has 12 rings (SSSR count). The van der Waals surface area contributed by atoms with Gasteiger partial charge in [0, 0.05) is 40.5 Å². The van der Waals surface area contributed by atoms with Gasteiger partial charge in [0.15, 0.2) is 0 Å². The molecule has 0 unspecified atom stereocenters. The van der Waals surface area contributed by atoms with E-state index in [0.717, 1.165) is 56.8 Å². The van der Waals surface area contributed by atoms with Crippen molar-refractivity contribution in [2.75, 3.05) is 16.5 Å². The Kier molecular flexibility index (Phi) is 9.28. The van der Waals surface area contributed by atoms with E-state index in [-0.39, 0.29) is 27.5 Å². The molecule has 5 aromatic carbocycles. The number of anilines is 4. The highest BCUT2D eigenvalue weighted by atomic mass is 19.1. The van der Waals surface area contributed by atoms with Gasteiger partial charge in [-0.2, -0.15) is 0 Å². The summed E-state index contributed by atoms with van der Waals surface area (Å²) in [6, 6.07) is 38.5. The summed E-state index contributed by atoms with van der Waals surface area (Å²) in [5.41, 5.74) is 12.5. The van der Waals surface area contributed by atoms with Gasteiger partial charge in [0.2, 0.25) is 0 Å². The first-order valence-corrected chi connectivity index (χ1v) is 23.7. The molecule has 5 nitrogen and oxygen atoms in total. The van der Waals surface area contributed by atoms with Crippen LogP contribution in [0.3, 0.4) is 0 Å². The fourth-order valence-electron chi connectivity index (χ4n) is 12.4. The standard InChI is InChI=1S/C58H63FN4O/c1-55(2,3)39-20-21-60-53(28-39)63-50-19-16-42(59)29-48(50)47-18-17-46(31-52(47)63)64-45-13-10-12-43(30-45)61-35-62(44-26-40(56(4,5)6)25-41(27-44)57(7,8)9)54-49(14-11-15-51(54)61)58-32-36-22-37(33-58)24-38(23-36)34-58/h10-21,25-31,36-38H,22-24,32-35H2,1-9H3. The summed E-state index contributed by atoms with van der Waals surface area (Å²) >= 11 is 0. The van der Waals surface area contributed by atoms with Gasteiger partial charge in [-0.25, -0.2) is 9.37 Å². The fraction of sp³-hybridized carbons (Fsp3) is 0.397. The molecule has 0 spiro atoms. The number of ether oxygens (including phenoxy) is 1. The minimum atomic E-state index is -0.260. The molecule has 0 atom stereocenters. The number of halogens is 1. The zero-order valence-electron chi connectivity index (χ0n) is 39.2. The molecule has 2 aromatic heterocycles. The van der Waals surface area contributed by atoms with Gasteiger partial charge in [0.25, 0.3) is 0 Å². The van der Waals surface area contributed by atoms with E-state index in [4.69, 9.17) is 9.72 Å². The maximum absolute atomic E-state index is 14.8. The van der Waals surface area contributed by atoms with Crippen LogP contribution in [0.2, 0.25) is 0 Å². The van der Waals surface area contributed by atoms with Crippen molar-refractivity contribution < 1.29 is 9.13 Å². The number of rotatable bonds is 6. The maximum atomic E-state index is 14.8. The van der Waals surface area contributed by atoms with Crippen molar-refractivity contribution in [3.63, 3.8) is 0 Å². The van der Waals surface area contributed by atoms with E-state index < -0.39 is 0 Å². The van der Waals surface area contributed by atoms with Gasteiger partial charge in [-0.15, -0.1) is 0 Å². The Hall–Kier alpha value is -5.62. The molecule has 1 aliphatic heterocycles. The van der Waals surface area contributed by atoms with Crippen molar-refractivity contribution >= 4 is 44.6 Å². The first-order valence-electron chi connectivity index (χ1n) is 23.7. The summed E-state index contributed by atoms with van der Waals surface area (Å²) in [5.74, 6) is 4.57. The Morgan fingerprint density at radius 1 is 0.578 bits per heavy atom.